The molecule has 0 bridgehead atoms. The third-order valence-corrected chi connectivity index (χ3v) is 3.07. The summed E-state index contributed by atoms with van der Waals surface area (Å²) in [6.45, 7) is 0.756. The van der Waals surface area contributed by atoms with Crippen molar-refractivity contribution in [3.8, 4) is 0 Å². The van der Waals surface area contributed by atoms with Crippen LogP contribution < -0.4 is 0 Å². The highest BCUT2D eigenvalue weighted by Crippen LogP contribution is 2.13. The van der Waals surface area contributed by atoms with Crippen molar-refractivity contribution in [3.63, 3.8) is 0 Å². The van der Waals surface area contributed by atoms with Gasteiger partial charge in [0.05, 0.1) is 13.0 Å². The smallest absolute Gasteiger partial charge is 0.313 e. The van der Waals surface area contributed by atoms with Crippen molar-refractivity contribution in [2.75, 3.05) is 12.3 Å². The Balaban J connectivity index is 1.75. The minimum atomic E-state index is -0.197. The molecule has 0 amide bonds. The summed E-state index contributed by atoms with van der Waals surface area (Å²) < 4.78 is 5.11. The van der Waals surface area contributed by atoms with Crippen molar-refractivity contribution in [2.45, 2.75) is 12.8 Å². The highest BCUT2D eigenvalue weighted by Gasteiger charge is 2.12. The molecule has 0 atom stereocenters. The van der Waals surface area contributed by atoms with Crippen LogP contribution in [0.3, 0.4) is 0 Å². The molecule has 0 saturated carbocycles. The number of hydrogen-bond acceptors (Lipinski definition) is 4. The number of carbonyl (C=O) groups is 1. The summed E-state index contributed by atoms with van der Waals surface area (Å²) in [7, 11) is 0. The van der Waals surface area contributed by atoms with E-state index in [-0.39, 0.29) is 5.97 Å². The van der Waals surface area contributed by atoms with E-state index in [9.17, 15) is 4.79 Å². The van der Waals surface area contributed by atoms with Gasteiger partial charge in [-0.3, -0.25) is 4.79 Å². The van der Waals surface area contributed by atoms with Crippen molar-refractivity contribution in [3.05, 3.63) is 35.9 Å². The van der Waals surface area contributed by atoms with Crippen molar-refractivity contribution in [1.82, 2.24) is 0 Å². The molecule has 16 heavy (non-hydrogen) atoms. The maximum Gasteiger partial charge on any atom is 0.313 e. The van der Waals surface area contributed by atoms with Gasteiger partial charge in [-0.15, -0.1) is 0 Å². The number of thioether (sulfide) groups is 1. The molecular weight excluding hydrogens is 222 g/mol. The van der Waals surface area contributed by atoms with Crippen LogP contribution in [0, 0.1) is 0 Å². The van der Waals surface area contributed by atoms with Crippen molar-refractivity contribution >= 4 is 23.0 Å². The lowest BCUT2D eigenvalue weighted by atomic mass is 10.1. The molecule has 0 aliphatic carbocycles. The average molecular weight is 235 g/mol. The Morgan fingerprint density at radius 3 is 2.88 bits per heavy atom. The monoisotopic (exact) mass is 235 g/mol. The van der Waals surface area contributed by atoms with Gasteiger partial charge in [-0.1, -0.05) is 42.1 Å². The normalized spacial score (nSPS) is 14.6. The third kappa shape index (κ3) is 3.38. The van der Waals surface area contributed by atoms with Crippen LogP contribution in [-0.4, -0.2) is 23.5 Å². The van der Waals surface area contributed by atoms with Crippen LogP contribution in [0.1, 0.15) is 12.0 Å². The van der Waals surface area contributed by atoms with Gasteiger partial charge in [0, 0.05) is 5.75 Å². The van der Waals surface area contributed by atoms with Crippen molar-refractivity contribution in [2.24, 2.45) is 4.99 Å². The highest BCUT2D eigenvalue weighted by molar-refractivity contribution is 8.13. The van der Waals surface area contributed by atoms with E-state index in [4.69, 9.17) is 4.74 Å². The molecule has 1 aromatic carbocycles. The van der Waals surface area contributed by atoms with Gasteiger partial charge in [-0.2, -0.15) is 0 Å². The molecule has 0 spiro atoms. The molecule has 0 aromatic heterocycles. The first-order valence-corrected chi connectivity index (χ1v) is 6.25. The Labute approximate surface area is 98.9 Å². The third-order valence-electron chi connectivity index (χ3n) is 2.22. The summed E-state index contributed by atoms with van der Waals surface area (Å²) in [5.74, 6) is 0.721. The van der Waals surface area contributed by atoms with Crippen LogP contribution in [0.4, 0.5) is 0 Å². The zero-order chi connectivity index (χ0) is 11.2. The summed E-state index contributed by atoms with van der Waals surface area (Å²) in [5.41, 5.74) is 1.15. The molecule has 1 aromatic rings. The number of carbonyl (C=O) groups excluding carboxylic acids is 1. The van der Waals surface area contributed by atoms with Crippen LogP contribution in [0.5, 0.6) is 0 Å². The van der Waals surface area contributed by atoms with Gasteiger partial charge in [0.1, 0.15) is 0 Å². The molecule has 1 heterocycles. The van der Waals surface area contributed by atoms with E-state index < -0.39 is 0 Å². The lowest BCUT2D eigenvalue weighted by molar-refractivity contribution is -0.135. The summed E-state index contributed by atoms with van der Waals surface area (Å²) in [6, 6.07) is 9.92. The number of aryl methyl sites for hydroxylation is 1. The summed E-state index contributed by atoms with van der Waals surface area (Å²) in [4.78, 5) is 15.5. The van der Waals surface area contributed by atoms with Crippen LogP contribution in [-0.2, 0) is 16.0 Å². The molecule has 0 unspecified atom stereocenters. The van der Waals surface area contributed by atoms with Gasteiger partial charge in [0.15, 0.2) is 0 Å². The highest BCUT2D eigenvalue weighted by atomic mass is 32.2. The predicted octanol–water partition coefficient (Wildman–Crippen LogP) is 2.27. The maximum atomic E-state index is 11.5. The second kappa shape index (κ2) is 5.70. The minimum absolute atomic E-state index is 0.197. The molecule has 0 N–H and O–H groups in total. The van der Waals surface area contributed by atoms with E-state index in [0.29, 0.717) is 11.7 Å². The minimum Gasteiger partial charge on any atom is -0.401 e. The number of hydrogen-bond donors (Lipinski definition) is 0. The summed E-state index contributed by atoms with van der Waals surface area (Å²) in [5, 5.41) is 0.526. The number of esters is 1. The second-order valence-electron chi connectivity index (χ2n) is 3.46. The fraction of sp³-hybridized carbons (Fsp3) is 0.333. The summed E-state index contributed by atoms with van der Waals surface area (Å²) in [6.07, 6.45) is 1.13. The van der Waals surface area contributed by atoms with Crippen LogP contribution in [0.2, 0.25) is 0 Å². The largest absolute Gasteiger partial charge is 0.401 e. The molecule has 0 radical (unpaired) electrons. The molecule has 2 rings (SSSR count). The van der Waals surface area contributed by atoms with Crippen LogP contribution >= 0.6 is 11.8 Å². The van der Waals surface area contributed by atoms with Crippen LogP contribution in [0.15, 0.2) is 35.3 Å². The fourth-order valence-electron chi connectivity index (χ4n) is 1.42. The zero-order valence-electron chi connectivity index (χ0n) is 8.89. The lowest BCUT2D eigenvalue weighted by Crippen LogP contribution is -2.09. The first-order valence-electron chi connectivity index (χ1n) is 5.26. The lowest BCUT2D eigenvalue weighted by Gasteiger charge is -2.02. The molecular formula is C12H13NO2S. The van der Waals surface area contributed by atoms with E-state index in [1.165, 1.54) is 11.8 Å². The van der Waals surface area contributed by atoms with Gasteiger partial charge in [0.25, 0.3) is 5.23 Å². The Morgan fingerprint density at radius 1 is 1.38 bits per heavy atom. The molecule has 0 fully saturated rings. The first-order chi connectivity index (χ1) is 7.84. The van der Waals surface area contributed by atoms with Crippen molar-refractivity contribution in [1.29, 1.82) is 0 Å². The predicted molar refractivity (Wildman–Crippen MR) is 65.6 cm³/mol. The Kier molecular flexibility index (Phi) is 3.99. The number of benzene rings is 1. The average Bonchev–Trinajstić information content (AvgIpc) is 2.81. The second-order valence-corrected chi connectivity index (χ2v) is 4.50. The van der Waals surface area contributed by atoms with Gasteiger partial charge >= 0.3 is 5.97 Å². The number of rotatable bonds is 3. The van der Waals surface area contributed by atoms with Gasteiger partial charge in [0.2, 0.25) is 0 Å². The SMILES string of the molecule is O=C(CCc1ccccc1)OC1=NCCS1. The topological polar surface area (TPSA) is 38.7 Å². The van der Waals surface area contributed by atoms with Gasteiger partial charge in [-0.05, 0) is 12.0 Å². The molecule has 4 heteroatoms. The Bertz CT molecular complexity index is 389. The number of aliphatic imine (C=N–C) groups is 1. The number of nitrogens with zero attached hydrogens (tertiary/aromatic N) is 1. The number of ether oxygens (including phenoxy) is 1. The van der Waals surface area contributed by atoms with E-state index in [1.807, 2.05) is 30.3 Å². The zero-order valence-corrected chi connectivity index (χ0v) is 9.70. The van der Waals surface area contributed by atoms with E-state index in [1.54, 1.807) is 0 Å². The van der Waals surface area contributed by atoms with Gasteiger partial charge in [-0.25, -0.2) is 4.99 Å². The Hall–Kier alpha value is -1.29. The molecule has 3 nitrogen and oxygen atoms in total. The first kappa shape index (κ1) is 11.2. The van der Waals surface area contributed by atoms with E-state index >= 15 is 0 Å². The molecule has 84 valence electrons. The van der Waals surface area contributed by atoms with Crippen molar-refractivity contribution < 1.29 is 9.53 Å². The van der Waals surface area contributed by atoms with Crippen LogP contribution in [0.25, 0.3) is 0 Å². The molecule has 1 aliphatic rings. The van der Waals surface area contributed by atoms with E-state index in [0.717, 1.165) is 24.3 Å². The van der Waals surface area contributed by atoms with E-state index in [2.05, 4.69) is 4.99 Å². The van der Waals surface area contributed by atoms with Gasteiger partial charge < -0.3 is 4.74 Å². The Morgan fingerprint density at radius 2 is 2.19 bits per heavy atom. The fourth-order valence-corrected chi connectivity index (χ4v) is 2.11. The molecule has 0 saturated heterocycles. The summed E-state index contributed by atoms with van der Waals surface area (Å²) >= 11 is 1.50. The molecule has 1 aliphatic heterocycles. The maximum absolute atomic E-state index is 11.5. The quantitative estimate of drug-likeness (QED) is 0.754. The standard InChI is InChI=1S/C12H13NO2S/c14-11(15-12-13-8-9-16-12)7-6-10-4-2-1-3-5-10/h1-5H,6-9H2.